The molecular formula is C13H21N3O. The van der Waals surface area contributed by atoms with E-state index in [2.05, 4.69) is 29.5 Å². The van der Waals surface area contributed by atoms with Gasteiger partial charge >= 0.3 is 0 Å². The van der Waals surface area contributed by atoms with E-state index < -0.39 is 0 Å². The average Bonchev–Trinajstić information content (AvgIpc) is 2.35. The zero-order valence-electron chi connectivity index (χ0n) is 10.7. The third-order valence-corrected chi connectivity index (χ3v) is 3.39. The fraction of sp³-hybridized carbons (Fsp3) is 0.615. The highest BCUT2D eigenvalue weighted by molar-refractivity contribution is 5.38. The smallest absolute Gasteiger partial charge is 0.137 e. The fourth-order valence-corrected chi connectivity index (χ4v) is 2.20. The van der Waals surface area contributed by atoms with Crippen LogP contribution in [0.25, 0.3) is 0 Å². The van der Waals surface area contributed by atoms with Crippen molar-refractivity contribution in [3.63, 3.8) is 0 Å². The van der Waals surface area contributed by atoms with E-state index in [0.717, 1.165) is 24.5 Å². The summed E-state index contributed by atoms with van der Waals surface area (Å²) in [5.41, 5.74) is 0. The molecule has 0 aromatic carbocycles. The number of methoxy groups -OCH3 is 1. The zero-order chi connectivity index (χ0) is 12.3. The fourth-order valence-electron chi connectivity index (χ4n) is 2.20. The molecule has 2 rings (SSSR count). The Balaban J connectivity index is 1.98. The van der Waals surface area contributed by atoms with Crippen LogP contribution in [0, 0.1) is 5.92 Å². The molecule has 1 aromatic rings. The Kier molecular flexibility index (Phi) is 3.84. The number of hydrogen-bond acceptors (Lipinski definition) is 4. The van der Waals surface area contributed by atoms with Crippen LogP contribution in [-0.4, -0.2) is 30.7 Å². The Morgan fingerprint density at radius 3 is 2.88 bits per heavy atom. The molecule has 0 radical (unpaired) electrons. The Labute approximate surface area is 103 Å². The first-order valence-electron chi connectivity index (χ1n) is 6.19. The van der Waals surface area contributed by atoms with Gasteiger partial charge < -0.3 is 15.4 Å². The minimum atomic E-state index is 0.493. The lowest BCUT2D eigenvalue weighted by molar-refractivity contribution is 0.313. The van der Waals surface area contributed by atoms with Crippen LogP contribution in [0.3, 0.4) is 0 Å². The van der Waals surface area contributed by atoms with E-state index in [-0.39, 0.29) is 0 Å². The summed E-state index contributed by atoms with van der Waals surface area (Å²) in [6, 6.07) is 4.97. The molecule has 94 valence electrons. The Hall–Kier alpha value is -1.29. The van der Waals surface area contributed by atoms with E-state index in [9.17, 15) is 0 Å². The maximum Gasteiger partial charge on any atom is 0.137 e. The minimum Gasteiger partial charge on any atom is -0.495 e. The maximum absolute atomic E-state index is 5.10. The van der Waals surface area contributed by atoms with Crippen LogP contribution in [0.2, 0.25) is 0 Å². The van der Waals surface area contributed by atoms with E-state index in [1.165, 1.54) is 0 Å². The summed E-state index contributed by atoms with van der Waals surface area (Å²) in [5.74, 6) is 2.34. The van der Waals surface area contributed by atoms with Gasteiger partial charge in [-0.25, -0.2) is 4.98 Å². The summed E-state index contributed by atoms with van der Waals surface area (Å²) < 4.78 is 5.10. The Morgan fingerprint density at radius 1 is 1.41 bits per heavy atom. The van der Waals surface area contributed by atoms with E-state index >= 15 is 0 Å². The van der Waals surface area contributed by atoms with Crippen LogP contribution in [0.5, 0.6) is 5.75 Å². The maximum atomic E-state index is 5.10. The van der Waals surface area contributed by atoms with Gasteiger partial charge in [-0.1, -0.05) is 6.92 Å². The summed E-state index contributed by atoms with van der Waals surface area (Å²) in [5, 5.41) is 6.99. The van der Waals surface area contributed by atoms with Crippen LogP contribution in [-0.2, 0) is 0 Å². The molecule has 4 heteroatoms. The normalized spacial score (nSPS) is 28.8. The van der Waals surface area contributed by atoms with Crippen LogP contribution in [0.1, 0.15) is 20.3 Å². The first-order valence-corrected chi connectivity index (χ1v) is 6.19. The van der Waals surface area contributed by atoms with Crippen molar-refractivity contribution in [1.29, 1.82) is 0 Å². The SMILES string of the molecule is COc1ccc(NC2CC(C)NCC2C)nc1. The van der Waals surface area contributed by atoms with Crippen molar-refractivity contribution in [2.75, 3.05) is 19.0 Å². The highest BCUT2D eigenvalue weighted by Crippen LogP contribution is 2.20. The average molecular weight is 235 g/mol. The molecular weight excluding hydrogens is 214 g/mol. The topological polar surface area (TPSA) is 46.2 Å². The molecule has 0 amide bonds. The first kappa shape index (κ1) is 12.2. The van der Waals surface area contributed by atoms with Crippen LogP contribution in [0.15, 0.2) is 18.3 Å². The monoisotopic (exact) mass is 235 g/mol. The second-order valence-corrected chi connectivity index (χ2v) is 4.86. The van der Waals surface area contributed by atoms with Gasteiger partial charge in [0.15, 0.2) is 0 Å². The number of hydrogen-bond donors (Lipinski definition) is 2. The van der Waals surface area contributed by atoms with Gasteiger partial charge in [0.1, 0.15) is 11.6 Å². The Morgan fingerprint density at radius 2 is 2.24 bits per heavy atom. The van der Waals surface area contributed by atoms with Crippen molar-refractivity contribution in [3.8, 4) is 5.75 Å². The molecule has 1 fully saturated rings. The summed E-state index contributed by atoms with van der Waals surface area (Å²) in [6.07, 6.45) is 2.88. The summed E-state index contributed by atoms with van der Waals surface area (Å²) >= 11 is 0. The lowest BCUT2D eigenvalue weighted by atomic mass is 9.91. The first-order chi connectivity index (χ1) is 8.19. The molecule has 3 atom stereocenters. The molecule has 2 heterocycles. The van der Waals surface area contributed by atoms with Crippen LogP contribution >= 0.6 is 0 Å². The van der Waals surface area contributed by atoms with Crippen molar-refractivity contribution >= 4 is 5.82 Å². The van der Waals surface area contributed by atoms with E-state index in [4.69, 9.17) is 4.74 Å². The lowest BCUT2D eigenvalue weighted by Crippen LogP contribution is -2.47. The number of aromatic nitrogens is 1. The highest BCUT2D eigenvalue weighted by Gasteiger charge is 2.24. The standard InChI is InChI=1S/C13H21N3O/c1-9-7-14-10(2)6-12(9)16-13-5-4-11(17-3)8-15-13/h4-5,8-10,12,14H,6-7H2,1-3H3,(H,15,16). The van der Waals surface area contributed by atoms with Crippen LogP contribution in [0.4, 0.5) is 5.82 Å². The predicted molar refractivity (Wildman–Crippen MR) is 69.4 cm³/mol. The third-order valence-electron chi connectivity index (χ3n) is 3.39. The molecule has 0 aliphatic carbocycles. The number of pyridine rings is 1. The van der Waals surface area contributed by atoms with Crippen molar-refractivity contribution in [3.05, 3.63) is 18.3 Å². The largest absolute Gasteiger partial charge is 0.495 e. The van der Waals surface area contributed by atoms with Gasteiger partial charge in [-0.3, -0.25) is 0 Å². The molecule has 4 nitrogen and oxygen atoms in total. The van der Waals surface area contributed by atoms with Crippen LogP contribution < -0.4 is 15.4 Å². The molecule has 3 unspecified atom stereocenters. The van der Waals surface area contributed by atoms with Gasteiger partial charge in [-0.15, -0.1) is 0 Å². The van der Waals surface area contributed by atoms with Gasteiger partial charge in [0.25, 0.3) is 0 Å². The molecule has 1 saturated heterocycles. The molecule has 0 bridgehead atoms. The molecule has 1 aromatic heterocycles. The van der Waals surface area contributed by atoms with Gasteiger partial charge in [0, 0.05) is 12.1 Å². The second-order valence-electron chi connectivity index (χ2n) is 4.86. The molecule has 0 saturated carbocycles. The van der Waals surface area contributed by atoms with Gasteiger partial charge in [0.2, 0.25) is 0 Å². The number of piperidine rings is 1. The second kappa shape index (κ2) is 5.36. The van der Waals surface area contributed by atoms with Crippen molar-refractivity contribution in [2.24, 2.45) is 5.92 Å². The third kappa shape index (κ3) is 3.09. The summed E-state index contributed by atoms with van der Waals surface area (Å²) in [4.78, 5) is 4.35. The number of nitrogens with one attached hydrogen (secondary N) is 2. The molecule has 0 spiro atoms. The van der Waals surface area contributed by atoms with Crippen molar-refractivity contribution < 1.29 is 4.74 Å². The zero-order valence-corrected chi connectivity index (χ0v) is 10.7. The van der Waals surface area contributed by atoms with Gasteiger partial charge in [-0.05, 0) is 37.9 Å². The molecule has 17 heavy (non-hydrogen) atoms. The highest BCUT2D eigenvalue weighted by atomic mass is 16.5. The number of nitrogens with zero attached hydrogens (tertiary/aromatic N) is 1. The van der Waals surface area contributed by atoms with Crippen molar-refractivity contribution in [2.45, 2.75) is 32.4 Å². The molecule has 2 N–H and O–H groups in total. The van der Waals surface area contributed by atoms with E-state index in [0.29, 0.717) is 18.0 Å². The quantitative estimate of drug-likeness (QED) is 0.840. The minimum absolute atomic E-state index is 0.493. The number of rotatable bonds is 3. The Bertz CT molecular complexity index is 352. The lowest BCUT2D eigenvalue weighted by Gasteiger charge is -2.34. The predicted octanol–water partition coefficient (Wildman–Crippen LogP) is 1.89. The van der Waals surface area contributed by atoms with E-state index in [1.54, 1.807) is 13.3 Å². The van der Waals surface area contributed by atoms with E-state index in [1.807, 2.05) is 12.1 Å². The van der Waals surface area contributed by atoms with Gasteiger partial charge in [0.05, 0.1) is 13.3 Å². The van der Waals surface area contributed by atoms with Gasteiger partial charge in [-0.2, -0.15) is 0 Å². The number of anilines is 1. The van der Waals surface area contributed by atoms with Crippen molar-refractivity contribution in [1.82, 2.24) is 10.3 Å². The molecule has 1 aliphatic heterocycles. The summed E-state index contributed by atoms with van der Waals surface area (Å²) in [6.45, 7) is 5.55. The molecule has 1 aliphatic rings. The summed E-state index contributed by atoms with van der Waals surface area (Å²) in [7, 11) is 1.65. The number of ether oxygens (including phenoxy) is 1.